The Bertz CT molecular complexity index is 975. The predicted molar refractivity (Wildman–Crippen MR) is 116 cm³/mol. The minimum absolute atomic E-state index is 0.469. The molecule has 2 aromatic carbocycles. The molecule has 0 radical (unpaired) electrons. The van der Waals surface area contributed by atoms with E-state index in [-0.39, 0.29) is 0 Å². The molecule has 0 amide bonds. The van der Waals surface area contributed by atoms with Crippen LogP contribution in [0.25, 0.3) is 10.9 Å². The summed E-state index contributed by atoms with van der Waals surface area (Å²) < 4.78 is 10.6. The standard InChI is InChI=1S/C19H19Cl2N3O2S/c1-25-17-9-16(18(26-2)8-14(17)21)24-19(27)22-6-5-11-10-23-15-4-3-12(20)7-13(11)15/h3-4,7-10,23H,5-6H2,1-2H3,(H2,22,24,27). The van der Waals surface area contributed by atoms with Crippen LogP contribution in [-0.2, 0) is 6.42 Å². The number of H-pyrrole nitrogens is 1. The second kappa shape index (κ2) is 8.69. The minimum atomic E-state index is 0.469. The number of aromatic nitrogens is 1. The monoisotopic (exact) mass is 423 g/mol. The predicted octanol–water partition coefficient (Wildman–Crippen LogP) is 5.02. The highest BCUT2D eigenvalue weighted by Crippen LogP contribution is 2.35. The number of anilines is 1. The van der Waals surface area contributed by atoms with E-state index < -0.39 is 0 Å². The second-order valence-electron chi connectivity index (χ2n) is 5.82. The molecule has 0 saturated heterocycles. The number of nitrogens with one attached hydrogen (secondary N) is 3. The maximum absolute atomic E-state index is 6.12. The van der Waals surface area contributed by atoms with Crippen molar-refractivity contribution in [1.82, 2.24) is 10.3 Å². The Hall–Kier alpha value is -2.15. The van der Waals surface area contributed by atoms with Crippen LogP contribution in [0.2, 0.25) is 10.0 Å². The van der Waals surface area contributed by atoms with Crippen LogP contribution < -0.4 is 20.1 Å². The quantitative estimate of drug-likeness (QED) is 0.485. The summed E-state index contributed by atoms with van der Waals surface area (Å²) in [7, 11) is 3.13. The van der Waals surface area contributed by atoms with Crippen LogP contribution >= 0.6 is 35.4 Å². The molecule has 0 bridgehead atoms. The van der Waals surface area contributed by atoms with Gasteiger partial charge in [-0.15, -0.1) is 0 Å². The topological polar surface area (TPSA) is 58.3 Å². The molecule has 0 aliphatic rings. The Morgan fingerprint density at radius 3 is 2.63 bits per heavy atom. The lowest BCUT2D eigenvalue weighted by Crippen LogP contribution is -2.30. The lowest BCUT2D eigenvalue weighted by Gasteiger charge is -2.15. The molecule has 0 fully saturated rings. The summed E-state index contributed by atoms with van der Waals surface area (Å²) >= 11 is 17.6. The highest BCUT2D eigenvalue weighted by atomic mass is 35.5. The number of fused-ring (bicyclic) bond motifs is 1. The number of rotatable bonds is 6. The van der Waals surface area contributed by atoms with Crippen molar-refractivity contribution in [2.24, 2.45) is 0 Å². The molecule has 142 valence electrons. The number of benzene rings is 2. The van der Waals surface area contributed by atoms with Crippen LogP contribution in [0.3, 0.4) is 0 Å². The van der Waals surface area contributed by atoms with Gasteiger partial charge in [-0.1, -0.05) is 23.2 Å². The van der Waals surface area contributed by atoms with E-state index in [0.717, 1.165) is 22.3 Å². The van der Waals surface area contributed by atoms with Crippen molar-refractivity contribution in [3.8, 4) is 11.5 Å². The number of aromatic amines is 1. The maximum Gasteiger partial charge on any atom is 0.170 e. The Labute approximate surface area is 172 Å². The number of ether oxygens (including phenoxy) is 2. The molecule has 0 spiro atoms. The van der Waals surface area contributed by atoms with Gasteiger partial charge < -0.3 is 25.1 Å². The fourth-order valence-corrected chi connectivity index (χ4v) is 3.41. The van der Waals surface area contributed by atoms with Crippen LogP contribution in [-0.4, -0.2) is 30.9 Å². The smallest absolute Gasteiger partial charge is 0.170 e. The Morgan fingerprint density at radius 1 is 1.11 bits per heavy atom. The van der Waals surface area contributed by atoms with E-state index >= 15 is 0 Å². The molecule has 3 aromatic rings. The summed E-state index contributed by atoms with van der Waals surface area (Å²) in [5.41, 5.74) is 2.91. The number of thiocarbonyl (C=S) groups is 1. The third-order valence-corrected chi connectivity index (χ3v) is 4.91. The molecule has 3 N–H and O–H groups in total. The summed E-state index contributed by atoms with van der Waals surface area (Å²) in [4.78, 5) is 3.25. The van der Waals surface area contributed by atoms with Gasteiger partial charge in [0.25, 0.3) is 0 Å². The molecule has 1 aromatic heterocycles. The van der Waals surface area contributed by atoms with Crippen molar-refractivity contribution in [3.05, 3.63) is 52.1 Å². The minimum Gasteiger partial charge on any atom is -0.495 e. The van der Waals surface area contributed by atoms with Crippen molar-refractivity contribution in [3.63, 3.8) is 0 Å². The molecule has 1 heterocycles. The maximum atomic E-state index is 6.12. The normalized spacial score (nSPS) is 10.7. The first-order valence-corrected chi connectivity index (χ1v) is 9.40. The molecule has 8 heteroatoms. The van der Waals surface area contributed by atoms with Crippen molar-refractivity contribution in [1.29, 1.82) is 0 Å². The van der Waals surface area contributed by atoms with Gasteiger partial charge in [0.2, 0.25) is 0 Å². The first kappa shape index (κ1) is 19.6. The average molecular weight is 424 g/mol. The van der Waals surface area contributed by atoms with Crippen LogP contribution in [0.1, 0.15) is 5.56 Å². The van der Waals surface area contributed by atoms with Gasteiger partial charge in [-0.2, -0.15) is 0 Å². The van der Waals surface area contributed by atoms with E-state index in [1.807, 2.05) is 24.4 Å². The molecular formula is C19H19Cl2N3O2S. The molecular weight excluding hydrogens is 405 g/mol. The Balaban J connectivity index is 1.62. The summed E-state index contributed by atoms with van der Waals surface area (Å²) in [6, 6.07) is 9.23. The molecule has 3 rings (SSSR count). The number of methoxy groups -OCH3 is 2. The fourth-order valence-electron chi connectivity index (χ4n) is 2.79. The van der Waals surface area contributed by atoms with Gasteiger partial charge in [-0.3, -0.25) is 0 Å². The summed E-state index contributed by atoms with van der Waals surface area (Å²) in [6.45, 7) is 0.665. The van der Waals surface area contributed by atoms with Gasteiger partial charge in [0.1, 0.15) is 11.5 Å². The van der Waals surface area contributed by atoms with Gasteiger partial charge in [-0.25, -0.2) is 0 Å². The molecule has 0 aliphatic carbocycles. The number of halogens is 2. The lowest BCUT2D eigenvalue weighted by molar-refractivity contribution is 0.405. The Morgan fingerprint density at radius 2 is 1.89 bits per heavy atom. The third-order valence-electron chi connectivity index (χ3n) is 4.13. The van der Waals surface area contributed by atoms with Crippen LogP contribution in [0.15, 0.2) is 36.5 Å². The third kappa shape index (κ3) is 4.58. The fraction of sp³-hybridized carbons (Fsp3) is 0.211. The molecule has 5 nitrogen and oxygen atoms in total. The largest absolute Gasteiger partial charge is 0.495 e. The molecule has 0 aliphatic heterocycles. The summed E-state index contributed by atoms with van der Waals surface area (Å²) in [5, 5.41) is 9.10. The van der Waals surface area contributed by atoms with Gasteiger partial charge >= 0.3 is 0 Å². The lowest BCUT2D eigenvalue weighted by atomic mass is 10.1. The van der Waals surface area contributed by atoms with E-state index in [1.165, 1.54) is 5.56 Å². The first-order chi connectivity index (χ1) is 13.0. The zero-order chi connectivity index (χ0) is 19.4. The van der Waals surface area contributed by atoms with Crippen LogP contribution in [0.4, 0.5) is 5.69 Å². The van der Waals surface area contributed by atoms with Gasteiger partial charge in [0.05, 0.1) is 24.9 Å². The SMILES string of the molecule is COc1cc(NC(=S)NCCc2c[nH]c3ccc(Cl)cc23)c(OC)cc1Cl. The highest BCUT2D eigenvalue weighted by Gasteiger charge is 2.11. The molecule has 0 atom stereocenters. The zero-order valence-electron chi connectivity index (χ0n) is 14.9. The van der Waals surface area contributed by atoms with Crippen LogP contribution in [0.5, 0.6) is 11.5 Å². The second-order valence-corrected chi connectivity index (χ2v) is 7.07. The van der Waals surface area contributed by atoms with Crippen molar-refractivity contribution >= 4 is 57.1 Å². The summed E-state index contributed by atoms with van der Waals surface area (Å²) in [5.74, 6) is 1.12. The average Bonchev–Trinajstić information content (AvgIpc) is 3.05. The van der Waals surface area contributed by atoms with Crippen LogP contribution in [0, 0.1) is 0 Å². The van der Waals surface area contributed by atoms with Gasteiger partial charge in [-0.05, 0) is 42.4 Å². The first-order valence-electron chi connectivity index (χ1n) is 8.23. The van der Waals surface area contributed by atoms with Gasteiger partial charge in [0, 0.05) is 40.8 Å². The van der Waals surface area contributed by atoms with Gasteiger partial charge in [0.15, 0.2) is 5.11 Å². The van der Waals surface area contributed by atoms with Crippen molar-refractivity contribution in [2.75, 3.05) is 26.1 Å². The summed E-state index contributed by atoms with van der Waals surface area (Å²) in [6.07, 6.45) is 2.79. The highest BCUT2D eigenvalue weighted by molar-refractivity contribution is 7.80. The van der Waals surface area contributed by atoms with Crippen molar-refractivity contribution < 1.29 is 9.47 Å². The van der Waals surface area contributed by atoms with E-state index in [4.69, 9.17) is 44.9 Å². The Kier molecular flexibility index (Phi) is 6.31. The number of hydrogen-bond donors (Lipinski definition) is 3. The number of hydrogen-bond acceptors (Lipinski definition) is 3. The van der Waals surface area contributed by atoms with E-state index in [2.05, 4.69) is 15.6 Å². The molecule has 0 unspecified atom stereocenters. The van der Waals surface area contributed by atoms with E-state index in [1.54, 1.807) is 26.4 Å². The van der Waals surface area contributed by atoms with E-state index in [9.17, 15) is 0 Å². The molecule has 0 saturated carbocycles. The zero-order valence-corrected chi connectivity index (χ0v) is 17.2. The van der Waals surface area contributed by atoms with E-state index in [0.29, 0.717) is 33.9 Å². The van der Waals surface area contributed by atoms with Crippen molar-refractivity contribution in [2.45, 2.75) is 6.42 Å². The molecule has 27 heavy (non-hydrogen) atoms.